The van der Waals surface area contributed by atoms with E-state index in [-0.39, 0.29) is 0 Å². The molecule has 0 amide bonds. The van der Waals surface area contributed by atoms with Crippen LogP contribution in [0.25, 0.3) is 0 Å². The van der Waals surface area contributed by atoms with Gasteiger partial charge in [-0.3, -0.25) is 0 Å². The number of benzene rings is 2. The van der Waals surface area contributed by atoms with Gasteiger partial charge in [0.15, 0.2) is 11.5 Å². The van der Waals surface area contributed by atoms with Gasteiger partial charge in [0.2, 0.25) is 5.95 Å². The average molecular weight is 399 g/mol. The first-order valence-corrected chi connectivity index (χ1v) is 8.58. The van der Waals surface area contributed by atoms with Gasteiger partial charge in [0.25, 0.3) is 0 Å². The fourth-order valence-corrected chi connectivity index (χ4v) is 2.68. The standard InChI is InChI=1S/C18H15BrN4O2/c19-12-1-3-13(4-2-12)21-17-7-8-20-18(23-17)22-14-5-6-15-16(11-14)25-10-9-24-15/h1-8,11H,9-10H2,(H2,20,21,22,23). The molecule has 0 fully saturated rings. The molecule has 0 aliphatic carbocycles. The highest BCUT2D eigenvalue weighted by Gasteiger charge is 2.12. The lowest BCUT2D eigenvalue weighted by atomic mass is 10.2. The third-order valence-corrected chi connectivity index (χ3v) is 4.10. The molecule has 6 nitrogen and oxygen atoms in total. The quantitative estimate of drug-likeness (QED) is 0.674. The van der Waals surface area contributed by atoms with E-state index in [2.05, 4.69) is 36.5 Å². The predicted molar refractivity (Wildman–Crippen MR) is 100 cm³/mol. The van der Waals surface area contributed by atoms with Crippen molar-refractivity contribution < 1.29 is 9.47 Å². The zero-order valence-electron chi connectivity index (χ0n) is 13.2. The zero-order valence-corrected chi connectivity index (χ0v) is 14.8. The number of anilines is 4. The van der Waals surface area contributed by atoms with Gasteiger partial charge in [-0.2, -0.15) is 4.98 Å². The van der Waals surface area contributed by atoms with Crippen LogP contribution in [-0.4, -0.2) is 23.2 Å². The molecule has 126 valence electrons. The smallest absolute Gasteiger partial charge is 0.229 e. The molecule has 0 spiro atoms. The van der Waals surface area contributed by atoms with Gasteiger partial charge in [0.1, 0.15) is 19.0 Å². The number of hydrogen-bond donors (Lipinski definition) is 2. The first-order chi connectivity index (χ1) is 12.3. The largest absolute Gasteiger partial charge is 0.486 e. The molecule has 3 aromatic rings. The second-order valence-electron chi connectivity index (χ2n) is 5.38. The summed E-state index contributed by atoms with van der Waals surface area (Å²) < 4.78 is 12.1. The van der Waals surface area contributed by atoms with Crippen LogP contribution in [0.1, 0.15) is 0 Å². The van der Waals surface area contributed by atoms with Gasteiger partial charge < -0.3 is 20.1 Å². The predicted octanol–water partition coefficient (Wildman–Crippen LogP) is 4.50. The summed E-state index contributed by atoms with van der Waals surface area (Å²) in [6.07, 6.45) is 1.70. The van der Waals surface area contributed by atoms with Gasteiger partial charge in [0.05, 0.1) is 0 Å². The van der Waals surface area contributed by atoms with E-state index in [9.17, 15) is 0 Å². The molecule has 1 aromatic heterocycles. The summed E-state index contributed by atoms with van der Waals surface area (Å²) in [6, 6.07) is 15.4. The average Bonchev–Trinajstić information content (AvgIpc) is 2.64. The van der Waals surface area contributed by atoms with Crippen molar-refractivity contribution in [3.05, 3.63) is 59.2 Å². The lowest BCUT2D eigenvalue weighted by Gasteiger charge is -2.19. The number of nitrogens with zero attached hydrogens (tertiary/aromatic N) is 2. The Kier molecular flexibility index (Phi) is 4.39. The fraction of sp³-hybridized carbons (Fsp3) is 0.111. The van der Waals surface area contributed by atoms with Gasteiger partial charge in [-0.25, -0.2) is 4.98 Å². The SMILES string of the molecule is Brc1ccc(Nc2ccnc(Nc3ccc4c(c3)OCCO4)n2)cc1. The maximum atomic E-state index is 5.59. The number of fused-ring (bicyclic) bond motifs is 1. The molecule has 2 heterocycles. The normalized spacial score (nSPS) is 12.5. The molecule has 0 atom stereocenters. The number of rotatable bonds is 4. The lowest BCUT2D eigenvalue weighted by Crippen LogP contribution is -2.15. The molecule has 7 heteroatoms. The molecule has 0 radical (unpaired) electrons. The Labute approximate surface area is 153 Å². The monoisotopic (exact) mass is 398 g/mol. The summed E-state index contributed by atoms with van der Waals surface area (Å²) in [5, 5.41) is 6.43. The highest BCUT2D eigenvalue weighted by molar-refractivity contribution is 9.10. The van der Waals surface area contributed by atoms with Gasteiger partial charge in [-0.05, 0) is 42.5 Å². The summed E-state index contributed by atoms with van der Waals surface area (Å²) in [6.45, 7) is 1.13. The zero-order chi connectivity index (χ0) is 17.1. The molecule has 2 aromatic carbocycles. The Hall–Kier alpha value is -2.80. The summed E-state index contributed by atoms with van der Waals surface area (Å²) >= 11 is 3.42. The summed E-state index contributed by atoms with van der Waals surface area (Å²) in [4.78, 5) is 8.74. The Bertz CT molecular complexity index is 886. The summed E-state index contributed by atoms with van der Waals surface area (Å²) in [5.41, 5.74) is 1.79. The van der Waals surface area contributed by atoms with Crippen LogP contribution in [0, 0.1) is 0 Å². The van der Waals surface area contributed by atoms with E-state index in [1.807, 2.05) is 48.5 Å². The highest BCUT2D eigenvalue weighted by atomic mass is 79.9. The number of ether oxygens (including phenoxy) is 2. The maximum absolute atomic E-state index is 5.59. The van der Waals surface area contributed by atoms with E-state index in [0.717, 1.165) is 27.3 Å². The van der Waals surface area contributed by atoms with Crippen molar-refractivity contribution in [2.45, 2.75) is 0 Å². The molecular formula is C18H15BrN4O2. The van der Waals surface area contributed by atoms with E-state index >= 15 is 0 Å². The Morgan fingerprint density at radius 1 is 0.840 bits per heavy atom. The molecule has 0 saturated carbocycles. The Balaban J connectivity index is 1.50. The van der Waals surface area contributed by atoms with E-state index in [1.165, 1.54) is 0 Å². The number of hydrogen-bond acceptors (Lipinski definition) is 6. The molecule has 2 N–H and O–H groups in total. The Morgan fingerprint density at radius 3 is 2.44 bits per heavy atom. The van der Waals surface area contributed by atoms with Gasteiger partial charge in [-0.15, -0.1) is 0 Å². The van der Waals surface area contributed by atoms with E-state index in [0.29, 0.717) is 25.0 Å². The van der Waals surface area contributed by atoms with E-state index < -0.39 is 0 Å². The van der Waals surface area contributed by atoms with Crippen LogP contribution in [0.2, 0.25) is 0 Å². The van der Waals surface area contributed by atoms with Crippen LogP contribution in [0.5, 0.6) is 11.5 Å². The molecular weight excluding hydrogens is 384 g/mol. The molecule has 1 aliphatic rings. The minimum atomic E-state index is 0.499. The van der Waals surface area contributed by atoms with Gasteiger partial charge in [0, 0.05) is 28.1 Å². The molecule has 1 aliphatic heterocycles. The Morgan fingerprint density at radius 2 is 1.60 bits per heavy atom. The topological polar surface area (TPSA) is 68.3 Å². The second kappa shape index (κ2) is 6.98. The molecule has 0 saturated heterocycles. The van der Waals surface area contributed by atoms with Gasteiger partial charge >= 0.3 is 0 Å². The van der Waals surface area contributed by atoms with Crippen LogP contribution in [-0.2, 0) is 0 Å². The van der Waals surface area contributed by atoms with Crippen molar-refractivity contribution in [1.29, 1.82) is 0 Å². The van der Waals surface area contributed by atoms with Crippen molar-refractivity contribution in [3.63, 3.8) is 0 Å². The summed E-state index contributed by atoms with van der Waals surface area (Å²) in [7, 11) is 0. The fourth-order valence-electron chi connectivity index (χ4n) is 2.42. The van der Waals surface area contributed by atoms with Crippen molar-refractivity contribution in [2.24, 2.45) is 0 Å². The molecule has 25 heavy (non-hydrogen) atoms. The second-order valence-corrected chi connectivity index (χ2v) is 6.30. The van der Waals surface area contributed by atoms with Crippen LogP contribution in [0.15, 0.2) is 59.2 Å². The lowest BCUT2D eigenvalue weighted by molar-refractivity contribution is 0.171. The van der Waals surface area contributed by atoms with E-state index in [4.69, 9.17) is 9.47 Å². The third kappa shape index (κ3) is 3.83. The van der Waals surface area contributed by atoms with Crippen LogP contribution >= 0.6 is 15.9 Å². The summed E-state index contributed by atoms with van der Waals surface area (Å²) in [5.74, 6) is 2.68. The van der Waals surface area contributed by atoms with Crippen LogP contribution in [0.4, 0.5) is 23.1 Å². The van der Waals surface area contributed by atoms with Crippen molar-refractivity contribution >= 4 is 39.1 Å². The van der Waals surface area contributed by atoms with Gasteiger partial charge in [-0.1, -0.05) is 15.9 Å². The highest BCUT2D eigenvalue weighted by Crippen LogP contribution is 2.33. The van der Waals surface area contributed by atoms with Crippen molar-refractivity contribution in [2.75, 3.05) is 23.8 Å². The molecule has 0 bridgehead atoms. The van der Waals surface area contributed by atoms with Crippen LogP contribution < -0.4 is 20.1 Å². The minimum Gasteiger partial charge on any atom is -0.486 e. The van der Waals surface area contributed by atoms with Crippen molar-refractivity contribution in [3.8, 4) is 11.5 Å². The minimum absolute atomic E-state index is 0.499. The number of nitrogens with one attached hydrogen (secondary N) is 2. The number of aromatic nitrogens is 2. The molecule has 0 unspecified atom stereocenters. The number of halogens is 1. The molecule has 4 rings (SSSR count). The first-order valence-electron chi connectivity index (χ1n) is 7.79. The third-order valence-electron chi connectivity index (χ3n) is 3.57. The van der Waals surface area contributed by atoms with E-state index in [1.54, 1.807) is 6.20 Å². The van der Waals surface area contributed by atoms with Crippen molar-refractivity contribution in [1.82, 2.24) is 9.97 Å². The maximum Gasteiger partial charge on any atom is 0.229 e. The van der Waals surface area contributed by atoms with Crippen LogP contribution in [0.3, 0.4) is 0 Å². The first kappa shape index (κ1) is 15.7.